The van der Waals surface area contributed by atoms with Gasteiger partial charge in [-0.3, -0.25) is 0 Å². The second kappa shape index (κ2) is 6.39. The van der Waals surface area contributed by atoms with Crippen LogP contribution in [0.4, 0.5) is 0 Å². The molecule has 0 amide bonds. The molecule has 0 saturated heterocycles. The van der Waals surface area contributed by atoms with Crippen LogP contribution in [0.15, 0.2) is 48.5 Å². The van der Waals surface area contributed by atoms with Crippen molar-refractivity contribution in [3.63, 3.8) is 0 Å². The van der Waals surface area contributed by atoms with Crippen LogP contribution < -0.4 is 0 Å². The normalized spacial score (nSPS) is 10.6. The van der Waals surface area contributed by atoms with Gasteiger partial charge in [-0.2, -0.15) is 0 Å². The zero-order valence-electron chi connectivity index (χ0n) is 11.4. The van der Waals surface area contributed by atoms with Crippen LogP contribution in [0.25, 0.3) is 11.1 Å². The summed E-state index contributed by atoms with van der Waals surface area (Å²) < 4.78 is 0. The summed E-state index contributed by atoms with van der Waals surface area (Å²) >= 11 is 0. The molecule has 0 spiro atoms. The van der Waals surface area contributed by atoms with E-state index in [1.165, 1.54) is 41.5 Å². The maximum absolute atomic E-state index is 2.27. The van der Waals surface area contributed by atoms with Crippen LogP contribution >= 0.6 is 0 Å². The Morgan fingerprint density at radius 3 is 2.06 bits per heavy atom. The van der Waals surface area contributed by atoms with Gasteiger partial charge in [0.1, 0.15) is 0 Å². The Balaban J connectivity index is 2.30. The van der Waals surface area contributed by atoms with E-state index >= 15 is 0 Å². The molecule has 0 aromatic heterocycles. The highest BCUT2D eigenvalue weighted by Crippen LogP contribution is 2.25. The minimum absolute atomic E-state index is 1.16. The fraction of sp³-hybridized carbons (Fsp3) is 0.333. The SMILES string of the molecule is CCCc1ccc(-c2ccccc2CCC)cc1. The molecule has 94 valence electrons. The molecule has 0 nitrogen and oxygen atoms in total. The minimum Gasteiger partial charge on any atom is -0.0651 e. The molecule has 0 heterocycles. The first-order valence-electron chi connectivity index (χ1n) is 7.02. The largest absolute Gasteiger partial charge is 0.0651 e. The first kappa shape index (κ1) is 12.9. The van der Waals surface area contributed by atoms with Crippen LogP contribution in [0.3, 0.4) is 0 Å². The van der Waals surface area contributed by atoms with Gasteiger partial charge >= 0.3 is 0 Å². The first-order chi connectivity index (χ1) is 8.85. The number of benzene rings is 2. The maximum atomic E-state index is 2.27. The van der Waals surface area contributed by atoms with Crippen molar-refractivity contribution >= 4 is 0 Å². The van der Waals surface area contributed by atoms with Gasteiger partial charge in [-0.25, -0.2) is 0 Å². The van der Waals surface area contributed by atoms with Crippen LogP contribution in [-0.4, -0.2) is 0 Å². The van der Waals surface area contributed by atoms with Crippen molar-refractivity contribution in [2.45, 2.75) is 39.5 Å². The quantitative estimate of drug-likeness (QED) is 0.666. The van der Waals surface area contributed by atoms with Crippen LogP contribution in [0.1, 0.15) is 37.8 Å². The zero-order chi connectivity index (χ0) is 12.8. The van der Waals surface area contributed by atoms with Crippen molar-refractivity contribution in [1.29, 1.82) is 0 Å². The van der Waals surface area contributed by atoms with Crippen LogP contribution in [0.5, 0.6) is 0 Å². The zero-order valence-corrected chi connectivity index (χ0v) is 11.4. The van der Waals surface area contributed by atoms with Crippen molar-refractivity contribution in [3.05, 3.63) is 59.7 Å². The Kier molecular flexibility index (Phi) is 4.58. The van der Waals surface area contributed by atoms with E-state index in [1.807, 2.05) is 0 Å². The summed E-state index contributed by atoms with van der Waals surface area (Å²) in [7, 11) is 0. The van der Waals surface area contributed by atoms with Crippen molar-refractivity contribution in [2.24, 2.45) is 0 Å². The molecule has 0 atom stereocenters. The lowest BCUT2D eigenvalue weighted by molar-refractivity contribution is 0.920. The molecule has 0 aliphatic carbocycles. The van der Waals surface area contributed by atoms with Crippen molar-refractivity contribution in [2.75, 3.05) is 0 Å². The summed E-state index contributed by atoms with van der Waals surface area (Å²) in [6.07, 6.45) is 4.75. The van der Waals surface area contributed by atoms with Crippen LogP contribution in [-0.2, 0) is 12.8 Å². The lowest BCUT2D eigenvalue weighted by Gasteiger charge is -2.09. The maximum Gasteiger partial charge on any atom is -0.0152 e. The average molecular weight is 238 g/mol. The molecule has 0 heteroatoms. The second-order valence-corrected chi connectivity index (χ2v) is 4.85. The molecular formula is C18H22. The van der Waals surface area contributed by atoms with Crippen LogP contribution in [0, 0.1) is 0 Å². The number of hydrogen-bond acceptors (Lipinski definition) is 0. The molecule has 0 saturated carbocycles. The van der Waals surface area contributed by atoms with E-state index in [4.69, 9.17) is 0 Å². The highest BCUT2D eigenvalue weighted by molar-refractivity contribution is 5.67. The van der Waals surface area contributed by atoms with E-state index in [0.717, 1.165) is 6.42 Å². The summed E-state index contributed by atoms with van der Waals surface area (Å²) in [5.41, 5.74) is 5.64. The molecule has 2 rings (SSSR count). The van der Waals surface area contributed by atoms with E-state index in [-0.39, 0.29) is 0 Å². The fourth-order valence-corrected chi connectivity index (χ4v) is 2.43. The van der Waals surface area contributed by atoms with Gasteiger partial charge in [0.2, 0.25) is 0 Å². The average Bonchev–Trinajstić information content (AvgIpc) is 2.41. The van der Waals surface area contributed by atoms with E-state index in [2.05, 4.69) is 62.4 Å². The Bertz CT molecular complexity index is 480. The third-order valence-corrected chi connectivity index (χ3v) is 3.34. The third-order valence-electron chi connectivity index (χ3n) is 3.34. The number of aryl methyl sites for hydroxylation is 2. The number of rotatable bonds is 5. The van der Waals surface area contributed by atoms with Gasteiger partial charge in [0, 0.05) is 0 Å². The van der Waals surface area contributed by atoms with Crippen molar-refractivity contribution in [3.8, 4) is 11.1 Å². The standard InChI is InChI=1S/C18H22/c1-3-7-15-11-13-17(14-12-15)18-10-6-5-9-16(18)8-4-2/h5-6,9-14H,3-4,7-8H2,1-2H3. The molecule has 0 unspecified atom stereocenters. The summed E-state index contributed by atoms with van der Waals surface area (Å²) in [5, 5.41) is 0. The van der Waals surface area contributed by atoms with Crippen molar-refractivity contribution in [1.82, 2.24) is 0 Å². The summed E-state index contributed by atoms with van der Waals surface area (Å²) in [5.74, 6) is 0. The molecular weight excluding hydrogens is 216 g/mol. The fourth-order valence-electron chi connectivity index (χ4n) is 2.43. The van der Waals surface area contributed by atoms with E-state index in [9.17, 15) is 0 Å². The number of hydrogen-bond donors (Lipinski definition) is 0. The predicted molar refractivity (Wildman–Crippen MR) is 79.9 cm³/mol. The van der Waals surface area contributed by atoms with E-state index in [0.29, 0.717) is 0 Å². The smallest absolute Gasteiger partial charge is 0.0152 e. The molecule has 2 aromatic rings. The molecule has 0 N–H and O–H groups in total. The molecule has 0 fully saturated rings. The van der Waals surface area contributed by atoms with Gasteiger partial charge in [0.25, 0.3) is 0 Å². The minimum atomic E-state index is 1.16. The topological polar surface area (TPSA) is 0 Å². The van der Waals surface area contributed by atoms with Gasteiger partial charge in [-0.05, 0) is 35.1 Å². The van der Waals surface area contributed by atoms with E-state index < -0.39 is 0 Å². The molecule has 18 heavy (non-hydrogen) atoms. The Hall–Kier alpha value is -1.56. The molecule has 0 aliphatic rings. The van der Waals surface area contributed by atoms with Gasteiger partial charge in [-0.1, -0.05) is 75.2 Å². The Morgan fingerprint density at radius 1 is 0.722 bits per heavy atom. The molecule has 2 aromatic carbocycles. The van der Waals surface area contributed by atoms with Gasteiger partial charge < -0.3 is 0 Å². The van der Waals surface area contributed by atoms with E-state index in [1.54, 1.807) is 0 Å². The second-order valence-electron chi connectivity index (χ2n) is 4.85. The van der Waals surface area contributed by atoms with Crippen molar-refractivity contribution < 1.29 is 0 Å². The first-order valence-corrected chi connectivity index (χ1v) is 7.02. The Labute approximate surface area is 111 Å². The van der Waals surface area contributed by atoms with Gasteiger partial charge in [-0.15, -0.1) is 0 Å². The summed E-state index contributed by atoms with van der Waals surface area (Å²) in [6, 6.07) is 17.8. The Morgan fingerprint density at radius 2 is 1.39 bits per heavy atom. The van der Waals surface area contributed by atoms with Gasteiger partial charge in [0.15, 0.2) is 0 Å². The third kappa shape index (κ3) is 3.01. The van der Waals surface area contributed by atoms with Gasteiger partial charge in [0.05, 0.1) is 0 Å². The lowest BCUT2D eigenvalue weighted by atomic mass is 9.96. The lowest BCUT2D eigenvalue weighted by Crippen LogP contribution is -1.89. The molecule has 0 aliphatic heterocycles. The molecule has 0 radical (unpaired) electrons. The predicted octanol–water partition coefficient (Wildman–Crippen LogP) is 5.26. The summed E-state index contributed by atoms with van der Waals surface area (Å²) in [6.45, 7) is 4.46. The summed E-state index contributed by atoms with van der Waals surface area (Å²) in [4.78, 5) is 0. The van der Waals surface area contributed by atoms with Crippen LogP contribution in [0.2, 0.25) is 0 Å². The monoisotopic (exact) mass is 238 g/mol. The highest BCUT2D eigenvalue weighted by atomic mass is 14.1. The molecule has 0 bridgehead atoms. The highest BCUT2D eigenvalue weighted by Gasteiger charge is 2.03.